The van der Waals surface area contributed by atoms with Crippen LogP contribution in [0.4, 0.5) is 8.78 Å². The van der Waals surface area contributed by atoms with Gasteiger partial charge in [-0.3, -0.25) is 9.59 Å². The number of halogens is 2. The van der Waals surface area contributed by atoms with Gasteiger partial charge in [0.05, 0.1) is 13.1 Å². The monoisotopic (exact) mass is 476 g/mol. The zero-order valence-corrected chi connectivity index (χ0v) is 18.5. The van der Waals surface area contributed by atoms with E-state index < -0.39 is 23.1 Å². The lowest BCUT2D eigenvalue weighted by Crippen LogP contribution is -2.32. The van der Waals surface area contributed by atoms with Crippen LogP contribution >= 0.6 is 11.3 Å². The van der Waals surface area contributed by atoms with Crippen molar-refractivity contribution in [3.05, 3.63) is 110 Å². The predicted molar refractivity (Wildman–Crippen MR) is 127 cm³/mol. The smallest absolute Gasteiger partial charge is 0.263 e. The van der Waals surface area contributed by atoms with Crippen LogP contribution in [0.5, 0.6) is 0 Å². The minimum Gasteiger partial charge on any atom is -0.347 e. The number of carbonyl (C=O) groups excluding carboxylic acids is 1. The van der Waals surface area contributed by atoms with Crippen LogP contribution in [0, 0.1) is 11.6 Å². The fourth-order valence-electron chi connectivity index (χ4n) is 3.74. The van der Waals surface area contributed by atoms with Crippen molar-refractivity contribution in [2.24, 2.45) is 0 Å². The molecule has 9 heteroatoms. The van der Waals surface area contributed by atoms with Gasteiger partial charge in [0, 0.05) is 34.4 Å². The molecule has 6 nitrogen and oxygen atoms in total. The van der Waals surface area contributed by atoms with Gasteiger partial charge in [-0.05, 0) is 59.0 Å². The fourth-order valence-corrected chi connectivity index (χ4v) is 4.56. The number of H-pyrrole nitrogens is 1. The quantitative estimate of drug-likeness (QED) is 0.373. The highest BCUT2D eigenvalue weighted by Gasteiger charge is 2.14. The molecule has 0 saturated heterocycles. The highest BCUT2D eigenvalue weighted by atomic mass is 32.1. The summed E-state index contributed by atoms with van der Waals surface area (Å²) in [4.78, 5) is 33.9. The third-order valence-corrected chi connectivity index (χ3v) is 6.38. The highest BCUT2D eigenvalue weighted by molar-refractivity contribution is 7.10. The van der Waals surface area contributed by atoms with Crippen LogP contribution in [-0.2, 0) is 13.1 Å². The van der Waals surface area contributed by atoms with Gasteiger partial charge in [-0.1, -0.05) is 6.07 Å². The summed E-state index contributed by atoms with van der Waals surface area (Å²) < 4.78 is 27.9. The number of nitrogens with zero attached hydrogens (tertiary/aromatic N) is 2. The Hall–Kier alpha value is -4.11. The molecule has 0 aliphatic carbocycles. The molecule has 1 aromatic carbocycles. The molecule has 0 fully saturated rings. The Morgan fingerprint density at radius 3 is 2.85 bits per heavy atom. The van der Waals surface area contributed by atoms with Crippen LogP contribution in [0.3, 0.4) is 0 Å². The molecule has 0 spiro atoms. The maximum Gasteiger partial charge on any atom is 0.263 e. The molecule has 0 radical (unpaired) electrons. The molecule has 5 aromatic rings. The molecule has 4 heterocycles. The van der Waals surface area contributed by atoms with Gasteiger partial charge in [0.1, 0.15) is 11.2 Å². The van der Waals surface area contributed by atoms with Crippen molar-refractivity contribution in [2.75, 3.05) is 0 Å². The zero-order valence-electron chi connectivity index (χ0n) is 17.7. The van der Waals surface area contributed by atoms with Gasteiger partial charge in [0.15, 0.2) is 11.6 Å². The summed E-state index contributed by atoms with van der Waals surface area (Å²) in [6, 6.07) is 12.3. The number of benzene rings is 1. The standard InChI is InChI=1S/C25H18F2N4O2S/c26-21-6-5-15(9-22(21)27)13-31-8-2-4-19(25(31)33)24(32)30-11-17-10-16(14-34-17)20-12-29-23-18(20)3-1-7-28-23/h1-10,12,14H,11,13H2,(H,28,29)(H,30,32). The summed E-state index contributed by atoms with van der Waals surface area (Å²) in [6.07, 6.45) is 5.14. The Bertz CT molecular complexity index is 1570. The van der Waals surface area contributed by atoms with E-state index >= 15 is 0 Å². The number of thiophene rings is 1. The SMILES string of the molecule is O=C(NCc1cc(-c2c[nH]c3ncccc23)cs1)c1cccn(Cc2ccc(F)c(F)c2)c1=O. The summed E-state index contributed by atoms with van der Waals surface area (Å²) in [5.41, 5.74) is 2.73. The summed E-state index contributed by atoms with van der Waals surface area (Å²) >= 11 is 1.51. The number of pyridine rings is 2. The first-order chi connectivity index (χ1) is 16.5. The first kappa shape index (κ1) is 21.7. The number of fused-ring (bicyclic) bond motifs is 1. The minimum absolute atomic E-state index is 0.0188. The van der Waals surface area contributed by atoms with Crippen molar-refractivity contribution >= 4 is 28.3 Å². The molecule has 0 bridgehead atoms. The Kier molecular flexibility index (Phi) is 5.77. The maximum absolute atomic E-state index is 13.5. The number of hydrogen-bond donors (Lipinski definition) is 2. The second-order valence-electron chi connectivity index (χ2n) is 7.69. The molecule has 1 amide bonds. The van der Waals surface area contributed by atoms with E-state index in [1.54, 1.807) is 12.3 Å². The normalized spacial score (nSPS) is 11.1. The first-order valence-corrected chi connectivity index (χ1v) is 11.3. The number of rotatable bonds is 6. The molecular formula is C25H18F2N4O2S. The van der Waals surface area contributed by atoms with Gasteiger partial charge in [-0.25, -0.2) is 13.8 Å². The molecule has 0 saturated carbocycles. The van der Waals surface area contributed by atoms with Gasteiger partial charge in [0.25, 0.3) is 11.5 Å². The molecule has 0 aliphatic rings. The molecule has 5 rings (SSSR count). The summed E-state index contributed by atoms with van der Waals surface area (Å²) in [5, 5.41) is 5.81. The van der Waals surface area contributed by atoms with Gasteiger partial charge in [-0.15, -0.1) is 11.3 Å². The molecule has 0 atom stereocenters. The molecule has 170 valence electrons. The van der Waals surface area contributed by atoms with E-state index in [1.165, 1.54) is 34.2 Å². The van der Waals surface area contributed by atoms with Crippen LogP contribution in [0.1, 0.15) is 20.8 Å². The van der Waals surface area contributed by atoms with E-state index in [2.05, 4.69) is 15.3 Å². The molecular weight excluding hydrogens is 458 g/mol. The van der Waals surface area contributed by atoms with Crippen molar-refractivity contribution in [1.82, 2.24) is 19.9 Å². The van der Waals surface area contributed by atoms with Crippen molar-refractivity contribution in [1.29, 1.82) is 0 Å². The number of nitrogens with one attached hydrogen (secondary N) is 2. The van der Waals surface area contributed by atoms with Crippen molar-refractivity contribution < 1.29 is 13.6 Å². The number of aromatic nitrogens is 3. The highest BCUT2D eigenvalue weighted by Crippen LogP contribution is 2.31. The lowest BCUT2D eigenvalue weighted by molar-refractivity contribution is 0.0949. The van der Waals surface area contributed by atoms with E-state index in [9.17, 15) is 18.4 Å². The van der Waals surface area contributed by atoms with Crippen LogP contribution in [0.25, 0.3) is 22.2 Å². The summed E-state index contributed by atoms with van der Waals surface area (Å²) in [7, 11) is 0. The lowest BCUT2D eigenvalue weighted by atomic mass is 10.1. The Labute approximate surface area is 196 Å². The van der Waals surface area contributed by atoms with E-state index in [4.69, 9.17) is 0 Å². The van der Waals surface area contributed by atoms with Gasteiger partial charge >= 0.3 is 0 Å². The average Bonchev–Trinajstić information content (AvgIpc) is 3.48. The van der Waals surface area contributed by atoms with Gasteiger partial charge in [0.2, 0.25) is 0 Å². The Balaban J connectivity index is 1.29. The molecule has 4 aromatic heterocycles. The summed E-state index contributed by atoms with van der Waals surface area (Å²) in [6.45, 7) is 0.284. The first-order valence-electron chi connectivity index (χ1n) is 10.4. The second-order valence-corrected chi connectivity index (χ2v) is 8.69. The minimum atomic E-state index is -0.987. The zero-order chi connectivity index (χ0) is 23.7. The number of hydrogen-bond acceptors (Lipinski definition) is 4. The van der Waals surface area contributed by atoms with E-state index in [0.29, 0.717) is 5.56 Å². The van der Waals surface area contributed by atoms with Gasteiger partial charge < -0.3 is 14.9 Å². The van der Waals surface area contributed by atoms with Crippen molar-refractivity contribution in [3.8, 4) is 11.1 Å². The molecule has 34 heavy (non-hydrogen) atoms. The Morgan fingerprint density at radius 2 is 2.00 bits per heavy atom. The number of carbonyl (C=O) groups is 1. The third kappa shape index (κ3) is 4.25. The van der Waals surface area contributed by atoms with Crippen LogP contribution < -0.4 is 10.9 Å². The summed E-state index contributed by atoms with van der Waals surface area (Å²) in [5.74, 6) is -2.45. The van der Waals surface area contributed by atoms with Crippen LogP contribution in [0.15, 0.2) is 77.3 Å². The van der Waals surface area contributed by atoms with Crippen LogP contribution in [0.2, 0.25) is 0 Å². The predicted octanol–water partition coefficient (Wildman–Crippen LogP) is 4.71. The van der Waals surface area contributed by atoms with Gasteiger partial charge in [-0.2, -0.15) is 0 Å². The topological polar surface area (TPSA) is 79.8 Å². The fraction of sp³-hybridized carbons (Fsp3) is 0.0800. The number of aromatic amines is 1. The van der Waals surface area contributed by atoms with E-state index in [1.807, 2.05) is 29.8 Å². The number of amides is 1. The lowest BCUT2D eigenvalue weighted by Gasteiger charge is -2.09. The third-order valence-electron chi connectivity index (χ3n) is 5.44. The van der Waals surface area contributed by atoms with Crippen LogP contribution in [-0.4, -0.2) is 20.4 Å². The largest absolute Gasteiger partial charge is 0.347 e. The maximum atomic E-state index is 13.5. The van der Waals surface area contributed by atoms with E-state index in [-0.39, 0.29) is 18.7 Å². The van der Waals surface area contributed by atoms with Crippen molar-refractivity contribution in [2.45, 2.75) is 13.1 Å². The van der Waals surface area contributed by atoms with Crippen molar-refractivity contribution in [3.63, 3.8) is 0 Å². The molecule has 0 aliphatic heterocycles. The van der Waals surface area contributed by atoms with E-state index in [0.717, 1.165) is 39.2 Å². The molecule has 2 N–H and O–H groups in total. The Morgan fingerprint density at radius 1 is 1.12 bits per heavy atom. The second kappa shape index (κ2) is 9.03. The molecule has 0 unspecified atom stereocenters. The average molecular weight is 477 g/mol.